The van der Waals surface area contributed by atoms with E-state index in [-0.39, 0.29) is 5.92 Å². The van der Waals surface area contributed by atoms with Crippen LogP contribution < -0.4 is 0 Å². The Morgan fingerprint density at radius 1 is 1.53 bits per heavy atom. The molecule has 1 aromatic rings. The van der Waals surface area contributed by atoms with Crippen molar-refractivity contribution >= 4 is 15.9 Å². The maximum atomic E-state index is 14.6. The molecule has 1 nitrogen and oxygen atoms in total. The molecule has 1 fully saturated rings. The van der Waals surface area contributed by atoms with E-state index in [4.69, 9.17) is 4.74 Å². The second kappa shape index (κ2) is 4.22. The van der Waals surface area contributed by atoms with Crippen LogP contribution in [0.25, 0.3) is 0 Å². The zero-order valence-electron chi connectivity index (χ0n) is 8.67. The number of hydrogen-bond acceptors (Lipinski definition) is 1. The van der Waals surface area contributed by atoms with Crippen LogP contribution >= 0.6 is 15.9 Å². The van der Waals surface area contributed by atoms with Crippen molar-refractivity contribution in [2.24, 2.45) is 5.92 Å². The first-order chi connectivity index (χ1) is 7.10. The average Bonchev–Trinajstić information content (AvgIpc) is 2.71. The van der Waals surface area contributed by atoms with Gasteiger partial charge >= 0.3 is 0 Å². The van der Waals surface area contributed by atoms with Gasteiger partial charge in [0, 0.05) is 17.0 Å². The van der Waals surface area contributed by atoms with Gasteiger partial charge in [-0.25, -0.2) is 4.39 Å². The normalized spacial score (nSPS) is 25.1. The summed E-state index contributed by atoms with van der Waals surface area (Å²) in [6.07, 6.45) is 0.805. The quantitative estimate of drug-likeness (QED) is 0.798. The summed E-state index contributed by atoms with van der Waals surface area (Å²) in [6, 6.07) is 7.46. The average molecular weight is 273 g/mol. The van der Waals surface area contributed by atoms with Crippen LogP contribution in [-0.4, -0.2) is 13.2 Å². The predicted molar refractivity (Wildman–Crippen MR) is 61.5 cm³/mol. The lowest BCUT2D eigenvalue weighted by molar-refractivity contribution is 0.0824. The monoisotopic (exact) mass is 272 g/mol. The number of ether oxygens (including phenoxy) is 1. The summed E-state index contributed by atoms with van der Waals surface area (Å²) >= 11 is 3.37. The third-order valence-corrected chi connectivity index (χ3v) is 3.58. The maximum absolute atomic E-state index is 14.6. The minimum atomic E-state index is -1.29. The molecule has 1 aliphatic heterocycles. The van der Waals surface area contributed by atoms with Crippen LogP contribution in [0.5, 0.6) is 0 Å². The van der Waals surface area contributed by atoms with E-state index in [0.717, 1.165) is 16.5 Å². The van der Waals surface area contributed by atoms with Crippen molar-refractivity contribution in [3.8, 4) is 0 Å². The molecule has 0 bridgehead atoms. The second-order valence-corrected chi connectivity index (χ2v) is 5.06. The van der Waals surface area contributed by atoms with Crippen LogP contribution in [0, 0.1) is 5.92 Å². The molecule has 2 rings (SSSR count). The fraction of sp³-hybridized carbons (Fsp3) is 0.500. The van der Waals surface area contributed by atoms with Crippen LogP contribution in [0.1, 0.15) is 18.9 Å². The summed E-state index contributed by atoms with van der Waals surface area (Å²) in [5.74, 6) is -0.0215. The van der Waals surface area contributed by atoms with Gasteiger partial charge in [0.05, 0.1) is 6.61 Å². The van der Waals surface area contributed by atoms with Crippen molar-refractivity contribution in [3.63, 3.8) is 0 Å². The molecule has 0 N–H and O–H groups in total. The summed E-state index contributed by atoms with van der Waals surface area (Å²) in [6.45, 7) is 2.85. The van der Waals surface area contributed by atoms with Gasteiger partial charge in [0.1, 0.15) is 5.67 Å². The van der Waals surface area contributed by atoms with E-state index in [1.807, 2.05) is 24.3 Å². The zero-order valence-corrected chi connectivity index (χ0v) is 10.3. The summed E-state index contributed by atoms with van der Waals surface area (Å²) < 4.78 is 20.8. The number of halogens is 2. The Bertz CT molecular complexity index is 345. The van der Waals surface area contributed by atoms with Crippen LogP contribution in [0.3, 0.4) is 0 Å². The van der Waals surface area contributed by atoms with Gasteiger partial charge < -0.3 is 4.74 Å². The van der Waals surface area contributed by atoms with E-state index >= 15 is 0 Å². The van der Waals surface area contributed by atoms with Crippen LogP contribution in [0.2, 0.25) is 0 Å². The molecule has 3 heteroatoms. The van der Waals surface area contributed by atoms with Gasteiger partial charge in [-0.15, -0.1) is 0 Å². The number of benzene rings is 1. The first-order valence-corrected chi connectivity index (χ1v) is 5.92. The first-order valence-electron chi connectivity index (χ1n) is 5.13. The third-order valence-electron chi connectivity index (χ3n) is 3.09. The summed E-state index contributed by atoms with van der Waals surface area (Å²) in [5.41, 5.74) is -0.562. The molecule has 0 aliphatic carbocycles. The summed E-state index contributed by atoms with van der Waals surface area (Å²) in [4.78, 5) is 0. The van der Waals surface area contributed by atoms with Crippen molar-refractivity contribution in [1.82, 2.24) is 0 Å². The first kappa shape index (κ1) is 11.1. The van der Waals surface area contributed by atoms with Crippen LogP contribution in [-0.2, 0) is 10.4 Å². The van der Waals surface area contributed by atoms with E-state index in [9.17, 15) is 4.39 Å². The van der Waals surface area contributed by atoms with E-state index in [1.54, 1.807) is 6.92 Å². The summed E-state index contributed by atoms with van der Waals surface area (Å²) in [7, 11) is 0. The maximum Gasteiger partial charge on any atom is 0.138 e. The molecule has 0 radical (unpaired) electrons. The van der Waals surface area contributed by atoms with Gasteiger partial charge in [-0.05, 0) is 31.0 Å². The van der Waals surface area contributed by atoms with Gasteiger partial charge in [0.25, 0.3) is 0 Å². The Hall–Kier alpha value is -0.410. The fourth-order valence-corrected chi connectivity index (χ4v) is 2.39. The van der Waals surface area contributed by atoms with Crippen molar-refractivity contribution in [2.45, 2.75) is 19.0 Å². The van der Waals surface area contributed by atoms with Gasteiger partial charge in [0.2, 0.25) is 0 Å². The lowest BCUT2D eigenvalue weighted by atomic mass is 9.84. The SMILES string of the molecule is CC(F)(c1cccc(Br)c1)C1CCOC1. The van der Waals surface area contributed by atoms with Crippen molar-refractivity contribution in [2.75, 3.05) is 13.2 Å². The number of alkyl halides is 1. The fourth-order valence-electron chi connectivity index (χ4n) is 1.99. The molecule has 1 aromatic carbocycles. The molecule has 2 unspecified atom stereocenters. The highest BCUT2D eigenvalue weighted by Gasteiger charge is 2.38. The molecular formula is C12H14BrFO. The molecule has 82 valence electrons. The van der Waals surface area contributed by atoms with Crippen molar-refractivity contribution in [3.05, 3.63) is 34.3 Å². The molecule has 0 spiro atoms. The predicted octanol–water partition coefficient (Wildman–Crippen LogP) is 3.67. The number of hydrogen-bond donors (Lipinski definition) is 0. The highest BCUT2D eigenvalue weighted by atomic mass is 79.9. The van der Waals surface area contributed by atoms with Crippen LogP contribution in [0.15, 0.2) is 28.7 Å². The molecule has 1 aliphatic rings. The highest BCUT2D eigenvalue weighted by molar-refractivity contribution is 9.10. The highest BCUT2D eigenvalue weighted by Crippen LogP contribution is 2.38. The minimum absolute atomic E-state index is 0.0215. The van der Waals surface area contributed by atoms with Gasteiger partial charge in [-0.2, -0.15) is 0 Å². The van der Waals surface area contributed by atoms with E-state index < -0.39 is 5.67 Å². The van der Waals surface area contributed by atoms with Gasteiger partial charge in [-0.3, -0.25) is 0 Å². The minimum Gasteiger partial charge on any atom is -0.381 e. The van der Waals surface area contributed by atoms with Crippen molar-refractivity contribution in [1.29, 1.82) is 0 Å². The molecular weight excluding hydrogens is 259 g/mol. The Morgan fingerprint density at radius 3 is 2.93 bits per heavy atom. The largest absolute Gasteiger partial charge is 0.381 e. The molecule has 0 aromatic heterocycles. The lowest BCUT2D eigenvalue weighted by Crippen LogP contribution is -2.27. The Morgan fingerprint density at radius 2 is 2.33 bits per heavy atom. The van der Waals surface area contributed by atoms with Gasteiger partial charge in [-0.1, -0.05) is 28.1 Å². The number of rotatable bonds is 2. The van der Waals surface area contributed by atoms with E-state index in [0.29, 0.717) is 13.2 Å². The smallest absolute Gasteiger partial charge is 0.138 e. The molecule has 15 heavy (non-hydrogen) atoms. The Kier molecular flexibility index (Phi) is 3.12. The standard InChI is InChI=1S/C12H14BrFO/c1-12(14,10-5-6-15-8-10)9-3-2-4-11(13)7-9/h2-4,7,10H,5-6,8H2,1H3. The topological polar surface area (TPSA) is 9.23 Å². The molecule has 0 saturated carbocycles. The zero-order chi connectivity index (χ0) is 10.9. The Balaban J connectivity index is 2.27. The molecule has 2 atom stereocenters. The molecule has 0 amide bonds. The lowest BCUT2D eigenvalue weighted by Gasteiger charge is -2.26. The third kappa shape index (κ3) is 2.23. The molecule has 1 heterocycles. The van der Waals surface area contributed by atoms with Gasteiger partial charge in [0.15, 0.2) is 0 Å². The van der Waals surface area contributed by atoms with E-state index in [1.165, 1.54) is 0 Å². The Labute approximate surface area is 97.8 Å². The second-order valence-electron chi connectivity index (χ2n) is 4.15. The summed E-state index contributed by atoms with van der Waals surface area (Å²) in [5, 5.41) is 0. The van der Waals surface area contributed by atoms with Crippen molar-refractivity contribution < 1.29 is 9.13 Å². The van der Waals surface area contributed by atoms with E-state index in [2.05, 4.69) is 15.9 Å². The molecule has 1 saturated heterocycles. The van der Waals surface area contributed by atoms with Crippen LogP contribution in [0.4, 0.5) is 4.39 Å².